The summed E-state index contributed by atoms with van der Waals surface area (Å²) in [5.74, 6) is 1.34. The molecular formula is C18H30N2O. The molecule has 21 heavy (non-hydrogen) atoms. The quantitative estimate of drug-likeness (QED) is 0.805. The van der Waals surface area contributed by atoms with Crippen LogP contribution in [-0.2, 0) is 0 Å². The van der Waals surface area contributed by atoms with Crippen molar-refractivity contribution in [1.82, 2.24) is 10.2 Å². The molecule has 3 heteroatoms. The van der Waals surface area contributed by atoms with Crippen LogP contribution in [-0.4, -0.2) is 30.6 Å². The summed E-state index contributed by atoms with van der Waals surface area (Å²) in [5, 5.41) is 3.11. The average molecular weight is 290 g/mol. The predicted octanol–water partition coefficient (Wildman–Crippen LogP) is 4.11. The summed E-state index contributed by atoms with van der Waals surface area (Å²) in [6.07, 6.45) is 0. The van der Waals surface area contributed by atoms with Crippen LogP contribution in [0.4, 0.5) is 4.79 Å². The molecule has 118 valence electrons. The topological polar surface area (TPSA) is 32.3 Å². The second-order valence-corrected chi connectivity index (χ2v) is 6.38. The predicted molar refractivity (Wildman–Crippen MR) is 89.5 cm³/mol. The molecule has 1 N–H and O–H groups in total. The Balaban J connectivity index is 2.63. The van der Waals surface area contributed by atoms with E-state index in [1.165, 1.54) is 5.56 Å². The number of hydrogen-bond acceptors (Lipinski definition) is 1. The Morgan fingerprint density at radius 1 is 1.14 bits per heavy atom. The van der Waals surface area contributed by atoms with Gasteiger partial charge in [-0.25, -0.2) is 4.79 Å². The van der Waals surface area contributed by atoms with Crippen LogP contribution < -0.4 is 5.32 Å². The van der Waals surface area contributed by atoms with Crippen molar-refractivity contribution >= 4 is 6.03 Å². The van der Waals surface area contributed by atoms with E-state index >= 15 is 0 Å². The number of rotatable bonds is 7. The van der Waals surface area contributed by atoms with Gasteiger partial charge >= 0.3 is 6.03 Å². The van der Waals surface area contributed by atoms with Gasteiger partial charge < -0.3 is 10.2 Å². The summed E-state index contributed by atoms with van der Waals surface area (Å²) >= 11 is 0. The van der Waals surface area contributed by atoms with Crippen LogP contribution in [0, 0.1) is 11.8 Å². The SMILES string of the molecule is CCN(CC(C)C)C(=O)NCC(c1ccccc1)C(C)C. The van der Waals surface area contributed by atoms with Crippen LogP contribution in [0.15, 0.2) is 30.3 Å². The molecule has 0 radical (unpaired) electrons. The Labute approximate surface area is 129 Å². The molecule has 1 rings (SSSR count). The molecule has 0 aliphatic rings. The second kappa shape index (κ2) is 8.71. The van der Waals surface area contributed by atoms with Crippen molar-refractivity contribution in [2.45, 2.75) is 40.5 Å². The molecule has 0 spiro atoms. The van der Waals surface area contributed by atoms with Crippen molar-refractivity contribution in [2.24, 2.45) is 11.8 Å². The highest BCUT2D eigenvalue weighted by Gasteiger charge is 2.18. The Morgan fingerprint density at radius 3 is 2.24 bits per heavy atom. The number of nitrogens with one attached hydrogen (secondary N) is 1. The van der Waals surface area contributed by atoms with Gasteiger partial charge in [0.2, 0.25) is 0 Å². The molecule has 3 nitrogen and oxygen atoms in total. The van der Waals surface area contributed by atoms with Crippen LogP contribution >= 0.6 is 0 Å². The van der Waals surface area contributed by atoms with E-state index in [4.69, 9.17) is 0 Å². The van der Waals surface area contributed by atoms with Gasteiger partial charge in [0.1, 0.15) is 0 Å². The smallest absolute Gasteiger partial charge is 0.317 e. The van der Waals surface area contributed by atoms with Gasteiger partial charge in [-0.2, -0.15) is 0 Å². The molecule has 0 fully saturated rings. The zero-order valence-electron chi connectivity index (χ0n) is 14.1. The lowest BCUT2D eigenvalue weighted by atomic mass is 9.88. The third-order valence-corrected chi connectivity index (χ3v) is 3.76. The number of carbonyl (C=O) groups is 1. The van der Waals surface area contributed by atoms with Gasteiger partial charge in [-0.3, -0.25) is 0 Å². The summed E-state index contributed by atoms with van der Waals surface area (Å²) in [7, 11) is 0. The van der Waals surface area contributed by atoms with E-state index in [9.17, 15) is 4.79 Å². The maximum Gasteiger partial charge on any atom is 0.317 e. The summed E-state index contributed by atoms with van der Waals surface area (Å²) in [4.78, 5) is 14.2. The monoisotopic (exact) mass is 290 g/mol. The minimum absolute atomic E-state index is 0.0489. The Bertz CT molecular complexity index is 414. The van der Waals surface area contributed by atoms with Crippen LogP contribution in [0.25, 0.3) is 0 Å². The highest BCUT2D eigenvalue weighted by atomic mass is 16.2. The number of nitrogens with zero attached hydrogens (tertiary/aromatic N) is 1. The summed E-state index contributed by atoms with van der Waals surface area (Å²) in [6, 6.07) is 10.5. The molecule has 0 aromatic heterocycles. The van der Waals surface area contributed by atoms with E-state index < -0.39 is 0 Å². The number of hydrogen-bond donors (Lipinski definition) is 1. The molecule has 0 saturated heterocycles. The van der Waals surface area contributed by atoms with Crippen LogP contribution in [0.5, 0.6) is 0 Å². The molecule has 0 bridgehead atoms. The van der Waals surface area contributed by atoms with Gasteiger partial charge in [0.25, 0.3) is 0 Å². The van der Waals surface area contributed by atoms with Crippen molar-refractivity contribution in [3.8, 4) is 0 Å². The highest BCUT2D eigenvalue weighted by Crippen LogP contribution is 2.23. The first-order valence-corrected chi connectivity index (χ1v) is 8.03. The lowest BCUT2D eigenvalue weighted by Crippen LogP contribution is -2.43. The molecule has 0 saturated carbocycles. The maximum absolute atomic E-state index is 12.3. The van der Waals surface area contributed by atoms with E-state index in [-0.39, 0.29) is 6.03 Å². The molecule has 0 heterocycles. The fourth-order valence-electron chi connectivity index (χ4n) is 2.54. The van der Waals surface area contributed by atoms with Crippen LogP contribution in [0.2, 0.25) is 0 Å². The Kier molecular flexibility index (Phi) is 7.27. The van der Waals surface area contributed by atoms with Gasteiger partial charge in [-0.05, 0) is 24.3 Å². The third-order valence-electron chi connectivity index (χ3n) is 3.76. The number of benzene rings is 1. The van der Waals surface area contributed by atoms with Crippen molar-refractivity contribution in [3.05, 3.63) is 35.9 Å². The number of amides is 2. The van der Waals surface area contributed by atoms with Crippen molar-refractivity contribution < 1.29 is 4.79 Å². The molecule has 1 aromatic carbocycles. The summed E-state index contributed by atoms with van der Waals surface area (Å²) in [6.45, 7) is 13.0. The first-order valence-electron chi connectivity index (χ1n) is 8.03. The Morgan fingerprint density at radius 2 is 1.76 bits per heavy atom. The van der Waals surface area contributed by atoms with Crippen molar-refractivity contribution in [2.75, 3.05) is 19.6 Å². The maximum atomic E-state index is 12.3. The average Bonchev–Trinajstić information content (AvgIpc) is 2.45. The number of carbonyl (C=O) groups excluding carboxylic acids is 1. The van der Waals surface area contributed by atoms with E-state index in [2.05, 4.69) is 57.3 Å². The third kappa shape index (κ3) is 5.78. The fraction of sp³-hybridized carbons (Fsp3) is 0.611. The van der Waals surface area contributed by atoms with E-state index in [0.29, 0.717) is 24.3 Å². The van der Waals surface area contributed by atoms with Crippen molar-refractivity contribution in [3.63, 3.8) is 0 Å². The van der Waals surface area contributed by atoms with Gasteiger partial charge in [0, 0.05) is 25.6 Å². The van der Waals surface area contributed by atoms with E-state index in [0.717, 1.165) is 13.1 Å². The molecule has 1 aromatic rings. The molecular weight excluding hydrogens is 260 g/mol. The normalized spacial score (nSPS) is 12.5. The van der Waals surface area contributed by atoms with Crippen LogP contribution in [0.1, 0.15) is 46.1 Å². The highest BCUT2D eigenvalue weighted by molar-refractivity contribution is 5.74. The minimum atomic E-state index is 0.0489. The lowest BCUT2D eigenvalue weighted by Gasteiger charge is -2.26. The minimum Gasteiger partial charge on any atom is -0.337 e. The first kappa shape index (κ1) is 17.5. The Hall–Kier alpha value is -1.51. The van der Waals surface area contributed by atoms with Gasteiger partial charge in [-0.15, -0.1) is 0 Å². The summed E-state index contributed by atoms with van der Waals surface area (Å²) in [5.41, 5.74) is 1.29. The molecule has 1 atom stereocenters. The molecule has 2 amide bonds. The zero-order valence-corrected chi connectivity index (χ0v) is 14.1. The fourth-order valence-corrected chi connectivity index (χ4v) is 2.54. The largest absolute Gasteiger partial charge is 0.337 e. The van der Waals surface area contributed by atoms with Crippen LogP contribution in [0.3, 0.4) is 0 Å². The van der Waals surface area contributed by atoms with Gasteiger partial charge in [0.05, 0.1) is 0 Å². The van der Waals surface area contributed by atoms with E-state index in [1.807, 2.05) is 17.9 Å². The standard InChI is InChI=1S/C18H30N2O/c1-6-20(13-14(2)3)18(21)19-12-17(15(4)5)16-10-8-7-9-11-16/h7-11,14-15,17H,6,12-13H2,1-5H3,(H,19,21). The van der Waals surface area contributed by atoms with E-state index in [1.54, 1.807) is 0 Å². The first-order chi connectivity index (χ1) is 9.95. The molecule has 0 aliphatic carbocycles. The molecule has 1 unspecified atom stereocenters. The van der Waals surface area contributed by atoms with Gasteiger partial charge in [0.15, 0.2) is 0 Å². The van der Waals surface area contributed by atoms with Crippen molar-refractivity contribution in [1.29, 1.82) is 0 Å². The zero-order chi connectivity index (χ0) is 15.8. The summed E-state index contributed by atoms with van der Waals surface area (Å²) < 4.78 is 0. The second-order valence-electron chi connectivity index (χ2n) is 6.38. The lowest BCUT2D eigenvalue weighted by molar-refractivity contribution is 0.192. The number of urea groups is 1. The van der Waals surface area contributed by atoms with Gasteiger partial charge in [-0.1, -0.05) is 58.0 Å². The molecule has 0 aliphatic heterocycles.